The Balaban J connectivity index is 0. The predicted molar refractivity (Wildman–Crippen MR) is 67.3 cm³/mol. The van der Waals surface area contributed by atoms with Crippen LogP contribution in [-0.2, 0) is 16.0 Å². The van der Waals surface area contributed by atoms with E-state index in [2.05, 4.69) is 4.74 Å². The molecule has 0 radical (unpaired) electrons. The number of hydrogen-bond donors (Lipinski definition) is 2. The summed E-state index contributed by atoms with van der Waals surface area (Å²) in [6.07, 6.45) is 0.375. The lowest BCUT2D eigenvalue weighted by Gasteiger charge is -2.21. The lowest BCUT2D eigenvalue weighted by molar-refractivity contribution is -0.146. The van der Waals surface area contributed by atoms with Crippen LogP contribution in [0.25, 0.3) is 0 Å². The van der Waals surface area contributed by atoms with Crippen LogP contribution in [0.5, 0.6) is 5.75 Å². The number of ether oxygens (including phenoxy) is 1. The Hall–Kier alpha value is -1.30. The summed E-state index contributed by atoms with van der Waals surface area (Å²) in [5.41, 5.74) is 5.65. The van der Waals surface area contributed by atoms with Gasteiger partial charge in [0.1, 0.15) is 11.3 Å². The minimum Gasteiger partial charge on any atom is -0.508 e. The van der Waals surface area contributed by atoms with Crippen molar-refractivity contribution in [2.24, 2.45) is 5.73 Å². The average molecular weight is 264 g/mol. The maximum Gasteiger partial charge on any atom is 0.325 e. The summed E-state index contributed by atoms with van der Waals surface area (Å²) in [6, 6.07) is 6.57. The van der Waals surface area contributed by atoms with E-state index in [4.69, 9.17) is 10.8 Å². The molecule has 98 valence electrons. The quantitative estimate of drug-likeness (QED) is 0.771. The van der Waals surface area contributed by atoms with Gasteiger partial charge in [-0.2, -0.15) is 0 Å². The molecule has 0 amide bonds. The summed E-state index contributed by atoms with van der Waals surface area (Å²) >= 11 is 0. The molecule has 0 spiro atoms. The highest BCUT2D eigenvalue weighted by Crippen LogP contribution is 2.15. The van der Waals surface area contributed by atoms with Crippen molar-refractivity contribution in [1.82, 2.24) is 0 Å². The number of rotatable bonds is 3. The molecular formula is C11H18ClNO4. The minimum atomic E-state index is -1.04. The Morgan fingerprint density at radius 2 is 1.88 bits per heavy atom. The van der Waals surface area contributed by atoms with Gasteiger partial charge in [0.25, 0.3) is 0 Å². The van der Waals surface area contributed by atoms with Crippen LogP contribution in [0.1, 0.15) is 12.5 Å². The van der Waals surface area contributed by atoms with Gasteiger partial charge in [0.05, 0.1) is 7.11 Å². The van der Waals surface area contributed by atoms with Gasteiger partial charge in [0.15, 0.2) is 0 Å². The van der Waals surface area contributed by atoms with Crippen molar-refractivity contribution in [2.75, 3.05) is 7.11 Å². The van der Waals surface area contributed by atoms with Gasteiger partial charge < -0.3 is 21.1 Å². The van der Waals surface area contributed by atoms with Crippen molar-refractivity contribution in [3.05, 3.63) is 29.8 Å². The van der Waals surface area contributed by atoms with Crippen molar-refractivity contribution in [3.8, 4) is 5.75 Å². The Bertz CT molecular complexity index is 351. The Labute approximate surface area is 106 Å². The molecule has 1 atom stereocenters. The zero-order chi connectivity index (χ0) is 11.5. The smallest absolute Gasteiger partial charge is 0.325 e. The molecule has 0 aliphatic rings. The van der Waals surface area contributed by atoms with E-state index in [9.17, 15) is 4.79 Å². The van der Waals surface area contributed by atoms with Crippen molar-refractivity contribution in [1.29, 1.82) is 0 Å². The van der Waals surface area contributed by atoms with Gasteiger partial charge in [0, 0.05) is 6.42 Å². The molecule has 1 aromatic carbocycles. The molecule has 5 N–H and O–H groups in total. The summed E-state index contributed by atoms with van der Waals surface area (Å²) in [4.78, 5) is 11.3. The minimum absolute atomic E-state index is 0. The molecule has 0 saturated carbocycles. The number of carbonyl (C=O) groups is 1. The number of nitrogens with two attached hydrogens (primary N) is 1. The van der Waals surface area contributed by atoms with Crippen LogP contribution in [-0.4, -0.2) is 29.2 Å². The summed E-state index contributed by atoms with van der Waals surface area (Å²) in [7, 11) is 1.31. The van der Waals surface area contributed by atoms with E-state index < -0.39 is 11.5 Å². The van der Waals surface area contributed by atoms with Crippen molar-refractivity contribution in [2.45, 2.75) is 18.9 Å². The number of phenols is 1. The largest absolute Gasteiger partial charge is 0.508 e. The van der Waals surface area contributed by atoms with Crippen molar-refractivity contribution in [3.63, 3.8) is 0 Å². The highest BCUT2D eigenvalue weighted by atomic mass is 35.5. The lowest BCUT2D eigenvalue weighted by atomic mass is 9.94. The zero-order valence-corrected chi connectivity index (χ0v) is 10.6. The van der Waals surface area contributed by atoms with Crippen LogP contribution in [0.15, 0.2) is 24.3 Å². The van der Waals surface area contributed by atoms with Gasteiger partial charge in [-0.1, -0.05) is 12.1 Å². The number of halogens is 1. The van der Waals surface area contributed by atoms with Crippen LogP contribution in [0.4, 0.5) is 0 Å². The maximum absolute atomic E-state index is 11.3. The van der Waals surface area contributed by atoms with Gasteiger partial charge in [0.2, 0.25) is 0 Å². The zero-order valence-electron chi connectivity index (χ0n) is 9.77. The first-order valence-electron chi connectivity index (χ1n) is 4.61. The number of hydrogen-bond acceptors (Lipinski definition) is 4. The molecule has 6 heteroatoms. The second-order valence-electron chi connectivity index (χ2n) is 3.75. The standard InChI is InChI=1S/C11H15NO3.ClH.H2O/c1-11(12,10(14)15-2)7-8-3-5-9(13)6-4-8;;/h3-6,13H,7,12H2,1-2H3;1H;1H2. The van der Waals surface area contributed by atoms with Crippen LogP contribution >= 0.6 is 12.4 Å². The highest BCUT2D eigenvalue weighted by Gasteiger charge is 2.29. The molecule has 0 saturated heterocycles. The summed E-state index contributed by atoms with van der Waals surface area (Å²) < 4.78 is 4.60. The van der Waals surface area contributed by atoms with Crippen molar-refractivity contribution < 1.29 is 20.1 Å². The van der Waals surface area contributed by atoms with Crippen LogP contribution in [0, 0.1) is 0 Å². The van der Waals surface area contributed by atoms with E-state index in [0.717, 1.165) is 5.56 Å². The molecule has 0 aliphatic heterocycles. The van der Waals surface area contributed by atoms with Gasteiger partial charge in [-0.3, -0.25) is 4.79 Å². The predicted octanol–water partition coefficient (Wildman–Crippen LogP) is 0.422. The van der Waals surface area contributed by atoms with E-state index in [1.54, 1.807) is 31.2 Å². The van der Waals surface area contributed by atoms with Gasteiger partial charge in [-0.05, 0) is 24.6 Å². The number of esters is 1. The van der Waals surface area contributed by atoms with E-state index in [1.807, 2.05) is 0 Å². The summed E-state index contributed by atoms with van der Waals surface area (Å²) in [5, 5.41) is 9.09. The first kappa shape index (κ1) is 18.1. The third-order valence-electron chi connectivity index (χ3n) is 2.16. The number of methoxy groups -OCH3 is 1. The fourth-order valence-electron chi connectivity index (χ4n) is 1.34. The molecule has 1 rings (SSSR count). The summed E-state index contributed by atoms with van der Waals surface area (Å²) in [6.45, 7) is 1.62. The number of benzene rings is 1. The van der Waals surface area contributed by atoms with E-state index in [-0.39, 0.29) is 23.6 Å². The second kappa shape index (κ2) is 7.11. The first-order valence-corrected chi connectivity index (χ1v) is 4.61. The van der Waals surface area contributed by atoms with Crippen molar-refractivity contribution >= 4 is 18.4 Å². The molecular weight excluding hydrogens is 246 g/mol. The molecule has 0 fully saturated rings. The molecule has 0 heterocycles. The average Bonchev–Trinajstić information content (AvgIpc) is 2.20. The fourth-order valence-corrected chi connectivity index (χ4v) is 1.34. The number of carbonyl (C=O) groups excluding carboxylic acids is 1. The molecule has 1 unspecified atom stereocenters. The Kier molecular flexibility index (Phi) is 7.56. The lowest BCUT2D eigenvalue weighted by Crippen LogP contribution is -2.47. The second-order valence-corrected chi connectivity index (χ2v) is 3.75. The van der Waals surface area contributed by atoms with Gasteiger partial charge in [-0.15, -0.1) is 12.4 Å². The van der Waals surface area contributed by atoms with Crippen LogP contribution < -0.4 is 5.73 Å². The van der Waals surface area contributed by atoms with Crippen LogP contribution in [0.3, 0.4) is 0 Å². The SMILES string of the molecule is COC(=O)C(C)(N)Cc1ccc(O)cc1.Cl.O. The fraction of sp³-hybridized carbons (Fsp3) is 0.364. The molecule has 0 aliphatic carbocycles. The van der Waals surface area contributed by atoms with E-state index in [0.29, 0.717) is 6.42 Å². The third-order valence-corrected chi connectivity index (χ3v) is 2.16. The molecule has 5 nitrogen and oxygen atoms in total. The monoisotopic (exact) mass is 263 g/mol. The highest BCUT2D eigenvalue weighted by molar-refractivity contribution is 5.85. The Morgan fingerprint density at radius 3 is 2.29 bits per heavy atom. The first-order chi connectivity index (χ1) is 6.95. The van der Waals surface area contributed by atoms with Gasteiger partial charge in [-0.25, -0.2) is 0 Å². The van der Waals surface area contributed by atoms with E-state index >= 15 is 0 Å². The molecule has 17 heavy (non-hydrogen) atoms. The maximum atomic E-state index is 11.3. The molecule has 0 bridgehead atoms. The third kappa shape index (κ3) is 5.04. The normalized spacial score (nSPS) is 12.6. The van der Waals surface area contributed by atoms with Gasteiger partial charge >= 0.3 is 5.97 Å². The number of aromatic hydroxyl groups is 1. The van der Waals surface area contributed by atoms with Crippen LogP contribution in [0.2, 0.25) is 0 Å². The summed E-state index contributed by atoms with van der Waals surface area (Å²) in [5.74, 6) is -0.258. The van der Waals surface area contributed by atoms with E-state index in [1.165, 1.54) is 7.11 Å². The Morgan fingerprint density at radius 1 is 1.41 bits per heavy atom. The molecule has 1 aromatic rings. The topological polar surface area (TPSA) is 104 Å². The molecule has 0 aromatic heterocycles. The number of phenolic OH excluding ortho intramolecular Hbond substituents is 1.